The van der Waals surface area contributed by atoms with Gasteiger partial charge < -0.3 is 14.5 Å². The molecule has 1 unspecified atom stereocenters. The van der Waals surface area contributed by atoms with Gasteiger partial charge in [-0.3, -0.25) is 14.2 Å². The summed E-state index contributed by atoms with van der Waals surface area (Å²) in [5, 5.41) is 9.84. The van der Waals surface area contributed by atoms with Gasteiger partial charge in [-0.2, -0.15) is 0 Å². The molecule has 0 bridgehead atoms. The van der Waals surface area contributed by atoms with Gasteiger partial charge in [0, 0.05) is 50.0 Å². The van der Waals surface area contributed by atoms with E-state index in [1.165, 1.54) is 12.1 Å². The summed E-state index contributed by atoms with van der Waals surface area (Å²) in [4.78, 5) is 29.3. The molecule has 5 rings (SSSR count). The fourth-order valence-corrected chi connectivity index (χ4v) is 6.22. The summed E-state index contributed by atoms with van der Waals surface area (Å²) in [5.74, 6) is 1.67. The Morgan fingerprint density at radius 2 is 1.70 bits per heavy atom. The van der Waals surface area contributed by atoms with Crippen molar-refractivity contribution < 1.29 is 18.7 Å². The SMILES string of the molecule is COc1ccc(-n2c(Cc3ccccc3)nnc2SCCCCC(=O)N2CCN(C(=O)c3ccccc3F)C(C)C2)cc1. The summed E-state index contributed by atoms with van der Waals surface area (Å²) in [6.45, 7) is 3.19. The normalized spacial score (nSPS) is 15.0. The lowest BCUT2D eigenvalue weighted by Crippen LogP contribution is -2.55. The molecule has 43 heavy (non-hydrogen) atoms. The highest BCUT2D eigenvalue weighted by Crippen LogP contribution is 2.26. The number of amides is 2. The zero-order valence-corrected chi connectivity index (χ0v) is 25.3. The highest BCUT2D eigenvalue weighted by Gasteiger charge is 2.31. The van der Waals surface area contributed by atoms with Gasteiger partial charge in [0.1, 0.15) is 17.4 Å². The first-order chi connectivity index (χ1) is 20.9. The third-order valence-corrected chi connectivity index (χ3v) is 8.61. The molecule has 0 radical (unpaired) electrons. The van der Waals surface area contributed by atoms with E-state index in [0.717, 1.165) is 46.6 Å². The van der Waals surface area contributed by atoms with Crippen LogP contribution in [0.15, 0.2) is 84.0 Å². The van der Waals surface area contributed by atoms with Crippen molar-refractivity contribution in [1.82, 2.24) is 24.6 Å². The summed E-state index contributed by atoms with van der Waals surface area (Å²) in [6.07, 6.45) is 2.70. The Labute approximate surface area is 255 Å². The Morgan fingerprint density at radius 1 is 0.953 bits per heavy atom. The second kappa shape index (κ2) is 14.3. The van der Waals surface area contributed by atoms with Crippen LogP contribution < -0.4 is 4.74 Å². The lowest BCUT2D eigenvalue weighted by molar-refractivity contribution is -0.133. The van der Waals surface area contributed by atoms with Crippen molar-refractivity contribution in [2.24, 2.45) is 0 Å². The van der Waals surface area contributed by atoms with Crippen LogP contribution in [0.4, 0.5) is 4.39 Å². The molecule has 2 heterocycles. The maximum absolute atomic E-state index is 14.1. The van der Waals surface area contributed by atoms with Gasteiger partial charge in [-0.25, -0.2) is 4.39 Å². The number of benzene rings is 3. The minimum absolute atomic E-state index is 0.0710. The number of halogens is 1. The first-order valence-electron chi connectivity index (χ1n) is 14.5. The molecule has 1 aromatic heterocycles. The van der Waals surface area contributed by atoms with Gasteiger partial charge in [0.15, 0.2) is 5.16 Å². The van der Waals surface area contributed by atoms with Crippen molar-refractivity contribution in [2.75, 3.05) is 32.5 Å². The minimum Gasteiger partial charge on any atom is -0.497 e. The molecule has 3 aromatic carbocycles. The van der Waals surface area contributed by atoms with Crippen molar-refractivity contribution in [1.29, 1.82) is 0 Å². The number of ether oxygens (including phenoxy) is 1. The van der Waals surface area contributed by atoms with Crippen LogP contribution in [-0.2, 0) is 11.2 Å². The second-order valence-electron chi connectivity index (χ2n) is 10.6. The lowest BCUT2D eigenvalue weighted by Gasteiger charge is -2.40. The zero-order chi connectivity index (χ0) is 30.2. The van der Waals surface area contributed by atoms with Crippen LogP contribution in [0.5, 0.6) is 5.75 Å². The van der Waals surface area contributed by atoms with E-state index in [9.17, 15) is 14.0 Å². The molecule has 8 nitrogen and oxygen atoms in total. The number of piperazine rings is 1. The van der Waals surface area contributed by atoms with E-state index < -0.39 is 5.82 Å². The number of thioether (sulfide) groups is 1. The quantitative estimate of drug-likeness (QED) is 0.164. The molecule has 1 saturated heterocycles. The molecule has 4 aromatic rings. The molecular weight excluding hydrogens is 565 g/mol. The van der Waals surface area contributed by atoms with Crippen LogP contribution in [0.2, 0.25) is 0 Å². The maximum Gasteiger partial charge on any atom is 0.257 e. The number of carbonyl (C=O) groups is 2. The average molecular weight is 602 g/mol. The van der Waals surface area contributed by atoms with Gasteiger partial charge in [0.25, 0.3) is 5.91 Å². The van der Waals surface area contributed by atoms with Gasteiger partial charge in [-0.05, 0) is 61.7 Å². The predicted molar refractivity (Wildman–Crippen MR) is 165 cm³/mol. The summed E-state index contributed by atoms with van der Waals surface area (Å²) in [7, 11) is 1.65. The summed E-state index contributed by atoms with van der Waals surface area (Å²) in [5.41, 5.74) is 2.20. The van der Waals surface area contributed by atoms with Crippen molar-refractivity contribution in [2.45, 2.75) is 43.8 Å². The molecule has 0 aliphatic carbocycles. The highest BCUT2D eigenvalue weighted by molar-refractivity contribution is 7.99. The Balaban J connectivity index is 1.13. The van der Waals surface area contributed by atoms with Crippen molar-refractivity contribution in [3.05, 3.63) is 102 Å². The lowest BCUT2D eigenvalue weighted by atomic mass is 10.1. The number of unbranched alkanes of at least 4 members (excludes halogenated alkanes) is 1. The molecule has 1 atom stereocenters. The first kappa shape index (κ1) is 30.3. The molecule has 1 aliphatic rings. The maximum atomic E-state index is 14.1. The van der Waals surface area contributed by atoms with Crippen molar-refractivity contribution in [3.63, 3.8) is 0 Å². The molecule has 10 heteroatoms. The van der Waals surface area contributed by atoms with E-state index in [-0.39, 0.29) is 23.4 Å². The zero-order valence-electron chi connectivity index (χ0n) is 24.5. The van der Waals surface area contributed by atoms with Gasteiger partial charge in [0.05, 0.1) is 12.7 Å². The van der Waals surface area contributed by atoms with Crippen LogP contribution in [0.1, 0.15) is 47.9 Å². The standard InChI is InChI=1S/C33H36FN5O3S/c1-24-23-37(19-20-38(24)32(41)28-12-6-7-13-29(28)34)31(40)14-8-9-21-43-33-36-35-30(22-25-10-4-3-5-11-25)39(33)26-15-17-27(42-2)18-16-26/h3-7,10-13,15-18,24H,8-9,14,19-23H2,1-2H3. The molecule has 0 saturated carbocycles. The summed E-state index contributed by atoms with van der Waals surface area (Å²) < 4.78 is 21.6. The monoisotopic (exact) mass is 601 g/mol. The Bertz CT molecular complexity index is 1530. The molecular formula is C33H36FN5O3S. The number of aromatic nitrogens is 3. The van der Waals surface area contributed by atoms with E-state index in [2.05, 4.69) is 26.9 Å². The van der Waals surface area contributed by atoms with Crippen LogP contribution >= 0.6 is 11.8 Å². The van der Waals surface area contributed by atoms with E-state index in [1.54, 1.807) is 35.9 Å². The van der Waals surface area contributed by atoms with Gasteiger partial charge in [0.2, 0.25) is 5.91 Å². The number of carbonyl (C=O) groups excluding carboxylic acids is 2. The van der Waals surface area contributed by atoms with E-state index in [0.29, 0.717) is 32.5 Å². The fourth-order valence-electron chi connectivity index (χ4n) is 5.25. The third-order valence-electron chi connectivity index (χ3n) is 7.60. The van der Waals surface area contributed by atoms with Crippen molar-refractivity contribution in [3.8, 4) is 11.4 Å². The molecule has 2 amide bonds. The van der Waals surface area contributed by atoms with Crippen LogP contribution in [0, 0.1) is 5.82 Å². The van der Waals surface area contributed by atoms with Crippen LogP contribution in [0.3, 0.4) is 0 Å². The first-order valence-corrected chi connectivity index (χ1v) is 15.5. The summed E-state index contributed by atoms with van der Waals surface area (Å²) in [6, 6.07) is 23.9. The van der Waals surface area contributed by atoms with E-state index >= 15 is 0 Å². The minimum atomic E-state index is -0.522. The Hall–Kier alpha value is -4.18. The van der Waals surface area contributed by atoms with Gasteiger partial charge in [-0.15, -0.1) is 10.2 Å². The fraction of sp³-hybridized carbons (Fsp3) is 0.333. The van der Waals surface area contributed by atoms with Crippen LogP contribution in [0.25, 0.3) is 5.69 Å². The topological polar surface area (TPSA) is 80.6 Å². The third kappa shape index (κ3) is 7.43. The number of methoxy groups -OCH3 is 1. The largest absolute Gasteiger partial charge is 0.497 e. The van der Waals surface area contributed by atoms with E-state index in [4.69, 9.17) is 4.74 Å². The predicted octanol–water partition coefficient (Wildman–Crippen LogP) is 5.64. The highest BCUT2D eigenvalue weighted by atomic mass is 32.2. The smallest absolute Gasteiger partial charge is 0.257 e. The van der Waals surface area contributed by atoms with E-state index in [1.807, 2.05) is 54.3 Å². The molecule has 224 valence electrons. The second-order valence-corrected chi connectivity index (χ2v) is 11.6. The summed E-state index contributed by atoms with van der Waals surface area (Å²) >= 11 is 1.63. The Morgan fingerprint density at radius 3 is 2.42 bits per heavy atom. The molecule has 0 N–H and O–H groups in total. The van der Waals surface area contributed by atoms with Gasteiger partial charge >= 0.3 is 0 Å². The molecule has 1 fully saturated rings. The number of nitrogens with zero attached hydrogens (tertiary/aromatic N) is 5. The Kier molecular flexibility index (Phi) is 10.1. The number of rotatable bonds is 11. The van der Waals surface area contributed by atoms with Crippen LogP contribution in [-0.4, -0.2) is 74.9 Å². The van der Waals surface area contributed by atoms with Crippen molar-refractivity contribution >= 4 is 23.6 Å². The number of hydrogen-bond acceptors (Lipinski definition) is 6. The molecule has 1 aliphatic heterocycles. The molecule has 0 spiro atoms. The van der Waals surface area contributed by atoms with Gasteiger partial charge in [-0.1, -0.05) is 54.2 Å². The number of hydrogen-bond donors (Lipinski definition) is 0. The average Bonchev–Trinajstić information content (AvgIpc) is 3.43.